The number of carbonyl (C=O) groups is 2. The second-order valence-corrected chi connectivity index (χ2v) is 7.27. The number of hydrogen-bond donors (Lipinski definition) is 0. The van der Waals surface area contributed by atoms with Gasteiger partial charge in [0.25, 0.3) is 0 Å². The Kier molecular flexibility index (Phi) is 7.95. The maximum Gasteiger partial charge on any atom is 0.410 e. The lowest BCUT2D eigenvalue weighted by molar-refractivity contribution is -0.141. The Morgan fingerprint density at radius 2 is 1.77 bits per heavy atom. The summed E-state index contributed by atoms with van der Waals surface area (Å²) < 4.78 is 10.7. The molecule has 2 rings (SSSR count). The lowest BCUT2D eigenvalue weighted by Crippen LogP contribution is -2.43. The van der Waals surface area contributed by atoms with E-state index in [1.807, 2.05) is 44.2 Å². The van der Waals surface area contributed by atoms with Crippen molar-refractivity contribution >= 4 is 12.1 Å². The van der Waals surface area contributed by atoms with Gasteiger partial charge in [-0.1, -0.05) is 63.4 Å². The monoisotopic (exact) mass is 361 g/mol. The van der Waals surface area contributed by atoms with Gasteiger partial charge in [0.15, 0.2) is 0 Å². The van der Waals surface area contributed by atoms with Crippen LogP contribution < -0.4 is 0 Å². The molecule has 26 heavy (non-hydrogen) atoms. The Labute approximate surface area is 156 Å². The van der Waals surface area contributed by atoms with Gasteiger partial charge in [0.05, 0.1) is 13.5 Å². The molecule has 144 valence electrons. The van der Waals surface area contributed by atoms with Crippen LogP contribution in [-0.2, 0) is 14.3 Å². The van der Waals surface area contributed by atoms with Gasteiger partial charge in [-0.3, -0.25) is 4.79 Å². The number of benzene rings is 1. The zero-order chi connectivity index (χ0) is 18.9. The highest BCUT2D eigenvalue weighted by molar-refractivity contribution is 5.72. The van der Waals surface area contributed by atoms with E-state index in [1.165, 1.54) is 13.5 Å². The molecular weight excluding hydrogens is 330 g/mol. The summed E-state index contributed by atoms with van der Waals surface area (Å²) in [7, 11) is 1.37. The molecule has 5 nitrogen and oxygen atoms in total. The molecule has 0 bridgehead atoms. The molecule has 1 amide bonds. The van der Waals surface area contributed by atoms with Crippen molar-refractivity contribution in [1.82, 2.24) is 4.90 Å². The molecule has 0 spiro atoms. The minimum absolute atomic E-state index is 0.143. The first-order valence-corrected chi connectivity index (χ1v) is 9.62. The summed E-state index contributed by atoms with van der Waals surface area (Å²) in [6, 6.07) is 9.97. The summed E-state index contributed by atoms with van der Waals surface area (Å²) in [5, 5.41) is 0. The highest BCUT2D eigenvalue weighted by atomic mass is 16.6. The van der Waals surface area contributed by atoms with E-state index in [-0.39, 0.29) is 36.5 Å². The van der Waals surface area contributed by atoms with Gasteiger partial charge in [0, 0.05) is 12.6 Å². The van der Waals surface area contributed by atoms with E-state index in [1.54, 1.807) is 4.90 Å². The van der Waals surface area contributed by atoms with E-state index in [0.717, 1.165) is 31.2 Å². The van der Waals surface area contributed by atoms with Crippen molar-refractivity contribution in [3.05, 3.63) is 35.9 Å². The quantitative estimate of drug-likeness (QED) is 0.660. The van der Waals surface area contributed by atoms with Crippen molar-refractivity contribution in [2.24, 2.45) is 5.92 Å². The van der Waals surface area contributed by atoms with E-state index < -0.39 is 0 Å². The largest absolute Gasteiger partial charge is 0.469 e. The first kappa shape index (κ1) is 20.3. The molecule has 1 atom stereocenters. The zero-order valence-electron chi connectivity index (χ0n) is 16.1. The molecule has 1 fully saturated rings. The molecule has 1 saturated carbocycles. The molecule has 0 radical (unpaired) electrons. The molecule has 0 unspecified atom stereocenters. The third-order valence-electron chi connectivity index (χ3n) is 5.00. The van der Waals surface area contributed by atoms with Crippen molar-refractivity contribution in [3.8, 4) is 0 Å². The Morgan fingerprint density at radius 3 is 2.35 bits per heavy atom. The molecule has 1 aromatic carbocycles. The SMILES string of the molecule is COC(=O)CCN(C(=O)O[C@H](c1ccccc1)C(C)C)C1CCCCC1. The van der Waals surface area contributed by atoms with E-state index in [9.17, 15) is 9.59 Å². The Hall–Kier alpha value is -2.04. The van der Waals surface area contributed by atoms with Crippen LogP contribution >= 0.6 is 0 Å². The van der Waals surface area contributed by atoms with Crippen LogP contribution in [0.2, 0.25) is 0 Å². The molecule has 0 saturated heterocycles. The van der Waals surface area contributed by atoms with Gasteiger partial charge in [0.1, 0.15) is 6.10 Å². The van der Waals surface area contributed by atoms with Crippen LogP contribution in [0.3, 0.4) is 0 Å². The van der Waals surface area contributed by atoms with Gasteiger partial charge < -0.3 is 14.4 Å². The Morgan fingerprint density at radius 1 is 1.12 bits per heavy atom. The number of carbonyl (C=O) groups excluding carboxylic acids is 2. The second kappa shape index (κ2) is 10.2. The molecule has 5 heteroatoms. The molecule has 1 aliphatic carbocycles. The number of amides is 1. The van der Waals surface area contributed by atoms with Gasteiger partial charge in [-0.05, 0) is 24.3 Å². The fourth-order valence-electron chi connectivity index (χ4n) is 3.54. The molecular formula is C21H31NO4. The first-order chi connectivity index (χ1) is 12.5. The predicted molar refractivity (Wildman–Crippen MR) is 101 cm³/mol. The summed E-state index contributed by atoms with van der Waals surface area (Å²) in [6.45, 7) is 4.43. The van der Waals surface area contributed by atoms with Crippen LogP contribution in [0.25, 0.3) is 0 Å². The zero-order valence-corrected chi connectivity index (χ0v) is 16.1. The fourth-order valence-corrected chi connectivity index (χ4v) is 3.54. The van der Waals surface area contributed by atoms with Crippen molar-refractivity contribution in [2.45, 2.75) is 64.5 Å². The Bertz CT molecular complexity index is 567. The topological polar surface area (TPSA) is 55.8 Å². The van der Waals surface area contributed by atoms with Gasteiger partial charge in [-0.2, -0.15) is 0 Å². The number of rotatable bonds is 7. The summed E-state index contributed by atoms with van der Waals surface area (Å²) in [6.07, 6.45) is 4.92. The Balaban J connectivity index is 2.11. The lowest BCUT2D eigenvalue weighted by atomic mass is 9.94. The number of nitrogens with zero attached hydrogens (tertiary/aromatic N) is 1. The third kappa shape index (κ3) is 5.75. The minimum atomic E-state index is -0.330. The normalized spacial score (nSPS) is 16.2. The van der Waals surface area contributed by atoms with Crippen molar-refractivity contribution in [1.29, 1.82) is 0 Å². The van der Waals surface area contributed by atoms with Crippen molar-refractivity contribution in [3.63, 3.8) is 0 Å². The maximum atomic E-state index is 13.0. The molecule has 0 aromatic heterocycles. The maximum absolute atomic E-state index is 13.0. The average molecular weight is 361 g/mol. The van der Waals surface area contributed by atoms with Crippen LogP contribution in [0, 0.1) is 5.92 Å². The number of hydrogen-bond acceptors (Lipinski definition) is 4. The van der Waals surface area contributed by atoms with E-state index in [2.05, 4.69) is 0 Å². The van der Waals surface area contributed by atoms with Crippen LogP contribution in [0.15, 0.2) is 30.3 Å². The summed E-state index contributed by atoms with van der Waals surface area (Å²) in [5.74, 6) is -0.141. The second-order valence-electron chi connectivity index (χ2n) is 7.27. The van der Waals surface area contributed by atoms with Crippen LogP contribution in [-0.4, -0.2) is 36.7 Å². The van der Waals surface area contributed by atoms with Gasteiger partial charge in [0.2, 0.25) is 0 Å². The number of esters is 1. The third-order valence-corrected chi connectivity index (χ3v) is 5.00. The van der Waals surface area contributed by atoms with Gasteiger partial charge in [-0.15, -0.1) is 0 Å². The smallest absolute Gasteiger partial charge is 0.410 e. The standard InChI is InChI=1S/C21H31NO4/c1-16(2)20(17-10-6-4-7-11-17)26-21(24)22(15-14-19(23)25-3)18-12-8-5-9-13-18/h4,6-7,10-11,16,18,20H,5,8-9,12-15H2,1-3H3/t20-/m0/s1. The highest BCUT2D eigenvalue weighted by Crippen LogP contribution is 2.29. The number of methoxy groups -OCH3 is 1. The minimum Gasteiger partial charge on any atom is -0.469 e. The molecule has 0 heterocycles. The van der Waals surface area contributed by atoms with E-state index >= 15 is 0 Å². The fraction of sp³-hybridized carbons (Fsp3) is 0.619. The summed E-state index contributed by atoms with van der Waals surface area (Å²) >= 11 is 0. The van der Waals surface area contributed by atoms with E-state index in [0.29, 0.717) is 6.54 Å². The van der Waals surface area contributed by atoms with Gasteiger partial charge in [-0.25, -0.2) is 4.79 Å². The summed E-state index contributed by atoms with van der Waals surface area (Å²) in [4.78, 5) is 26.3. The highest BCUT2D eigenvalue weighted by Gasteiger charge is 2.30. The van der Waals surface area contributed by atoms with Gasteiger partial charge >= 0.3 is 12.1 Å². The first-order valence-electron chi connectivity index (χ1n) is 9.62. The lowest BCUT2D eigenvalue weighted by Gasteiger charge is -2.35. The van der Waals surface area contributed by atoms with Crippen LogP contribution in [0.5, 0.6) is 0 Å². The molecule has 0 N–H and O–H groups in total. The summed E-state index contributed by atoms with van der Waals surface area (Å²) in [5.41, 5.74) is 0.993. The van der Waals surface area contributed by atoms with Crippen molar-refractivity contribution < 1.29 is 19.1 Å². The molecule has 1 aliphatic rings. The predicted octanol–water partition coefficient (Wildman–Crippen LogP) is 4.72. The molecule has 0 aliphatic heterocycles. The van der Waals surface area contributed by atoms with Crippen LogP contribution in [0.4, 0.5) is 4.79 Å². The van der Waals surface area contributed by atoms with Crippen LogP contribution in [0.1, 0.15) is 64.0 Å². The van der Waals surface area contributed by atoms with E-state index in [4.69, 9.17) is 9.47 Å². The average Bonchev–Trinajstić information content (AvgIpc) is 2.67. The number of ether oxygens (including phenoxy) is 2. The van der Waals surface area contributed by atoms with Crippen molar-refractivity contribution in [2.75, 3.05) is 13.7 Å². The molecule has 1 aromatic rings.